The summed E-state index contributed by atoms with van der Waals surface area (Å²) in [5, 5.41) is 0. The van der Waals surface area contributed by atoms with Gasteiger partial charge in [-0.1, -0.05) is 6.07 Å². The molecule has 0 amide bonds. The maximum atomic E-state index is 10.6. The number of hydrogen-bond donors (Lipinski definition) is 0. The number of rotatable bonds is 3. The monoisotopic (exact) mass is 177 g/mol. The van der Waals surface area contributed by atoms with Gasteiger partial charge in [0, 0.05) is 30.9 Å². The number of carbonyl (C=O) groups excluding carboxylic acids is 2. The highest BCUT2D eigenvalue weighted by Gasteiger charge is 2.04. The molecule has 3 heteroatoms. The normalized spacial score (nSPS) is 9.38. The number of aldehydes is 2. The molecule has 0 heterocycles. The molecule has 0 aliphatic heterocycles. The van der Waals surface area contributed by atoms with Crippen molar-refractivity contribution >= 4 is 18.3 Å². The highest BCUT2D eigenvalue weighted by Crippen LogP contribution is 2.17. The minimum Gasteiger partial charge on any atom is -0.377 e. The fourth-order valence-electron chi connectivity index (χ4n) is 1.12. The van der Waals surface area contributed by atoms with Crippen molar-refractivity contribution in [1.29, 1.82) is 0 Å². The maximum absolute atomic E-state index is 10.6. The lowest BCUT2D eigenvalue weighted by Gasteiger charge is -2.14. The second-order valence-electron chi connectivity index (χ2n) is 2.95. The van der Waals surface area contributed by atoms with Gasteiger partial charge in [0.15, 0.2) is 6.29 Å². The molecule has 0 aromatic heterocycles. The topological polar surface area (TPSA) is 37.4 Å². The zero-order valence-electron chi connectivity index (χ0n) is 7.65. The van der Waals surface area contributed by atoms with E-state index in [0.717, 1.165) is 18.3 Å². The van der Waals surface area contributed by atoms with Crippen LogP contribution in [0.15, 0.2) is 18.2 Å². The lowest BCUT2D eigenvalue weighted by atomic mass is 10.1. The van der Waals surface area contributed by atoms with E-state index in [0.29, 0.717) is 11.1 Å². The van der Waals surface area contributed by atoms with Gasteiger partial charge in [-0.2, -0.15) is 0 Å². The van der Waals surface area contributed by atoms with E-state index in [1.807, 2.05) is 14.1 Å². The third-order valence-corrected chi connectivity index (χ3v) is 1.80. The summed E-state index contributed by atoms with van der Waals surface area (Å²) in [6.07, 6.45) is 1.55. The van der Waals surface area contributed by atoms with Crippen LogP contribution in [0.1, 0.15) is 20.7 Å². The van der Waals surface area contributed by atoms with Gasteiger partial charge in [0.05, 0.1) is 0 Å². The summed E-state index contributed by atoms with van der Waals surface area (Å²) in [6.45, 7) is 0. The number of carbonyl (C=O) groups is 2. The summed E-state index contributed by atoms with van der Waals surface area (Å²) >= 11 is 0. The molecular weight excluding hydrogens is 166 g/mol. The number of benzene rings is 1. The van der Waals surface area contributed by atoms with Crippen LogP contribution in [0.2, 0.25) is 0 Å². The molecule has 0 aliphatic carbocycles. The number of hydrogen-bond acceptors (Lipinski definition) is 3. The third-order valence-electron chi connectivity index (χ3n) is 1.80. The van der Waals surface area contributed by atoms with Crippen LogP contribution in [0.5, 0.6) is 0 Å². The zero-order valence-corrected chi connectivity index (χ0v) is 7.65. The summed E-state index contributed by atoms with van der Waals surface area (Å²) in [4.78, 5) is 22.9. The summed E-state index contributed by atoms with van der Waals surface area (Å²) in [5.41, 5.74) is 1.93. The Balaban J connectivity index is 3.25. The maximum Gasteiger partial charge on any atom is 0.152 e. The fraction of sp³-hybridized carbons (Fsp3) is 0.200. The summed E-state index contributed by atoms with van der Waals surface area (Å²) < 4.78 is 0. The molecule has 0 radical (unpaired) electrons. The Labute approximate surface area is 77.0 Å². The van der Waals surface area contributed by atoms with Crippen molar-refractivity contribution in [2.75, 3.05) is 19.0 Å². The Morgan fingerprint density at radius 1 is 1.15 bits per heavy atom. The van der Waals surface area contributed by atoms with Crippen molar-refractivity contribution < 1.29 is 9.59 Å². The van der Waals surface area contributed by atoms with Crippen LogP contribution >= 0.6 is 0 Å². The van der Waals surface area contributed by atoms with Crippen molar-refractivity contribution in [3.05, 3.63) is 29.3 Å². The molecule has 0 spiro atoms. The smallest absolute Gasteiger partial charge is 0.152 e. The second-order valence-corrected chi connectivity index (χ2v) is 2.95. The Bertz CT molecular complexity index is 332. The molecule has 3 nitrogen and oxygen atoms in total. The van der Waals surface area contributed by atoms with Gasteiger partial charge >= 0.3 is 0 Å². The lowest BCUT2D eigenvalue weighted by molar-refractivity contribution is 0.111. The summed E-state index contributed by atoms with van der Waals surface area (Å²) in [6, 6.07) is 4.96. The van der Waals surface area contributed by atoms with Gasteiger partial charge < -0.3 is 4.90 Å². The minimum atomic E-state index is 0.578. The molecule has 0 saturated carbocycles. The molecule has 1 rings (SSSR count). The van der Waals surface area contributed by atoms with Crippen LogP contribution in [0, 0.1) is 0 Å². The highest BCUT2D eigenvalue weighted by molar-refractivity contribution is 5.88. The molecule has 0 fully saturated rings. The Kier molecular flexibility index (Phi) is 2.80. The molecule has 0 saturated heterocycles. The van der Waals surface area contributed by atoms with E-state index in [4.69, 9.17) is 0 Å². The van der Waals surface area contributed by atoms with Crippen molar-refractivity contribution in [2.24, 2.45) is 0 Å². The van der Waals surface area contributed by atoms with E-state index in [-0.39, 0.29) is 0 Å². The largest absolute Gasteiger partial charge is 0.377 e. The quantitative estimate of drug-likeness (QED) is 0.654. The SMILES string of the molecule is CN(C)c1cc(C=O)ccc1C=O. The van der Waals surface area contributed by atoms with Crippen molar-refractivity contribution in [1.82, 2.24) is 0 Å². The average molecular weight is 177 g/mol. The van der Waals surface area contributed by atoms with E-state index in [9.17, 15) is 9.59 Å². The molecule has 0 bridgehead atoms. The standard InChI is InChI=1S/C10H11NO2/c1-11(2)10-5-8(6-12)3-4-9(10)7-13/h3-7H,1-2H3. The number of nitrogens with zero attached hydrogens (tertiary/aromatic N) is 1. The van der Waals surface area contributed by atoms with Gasteiger partial charge in [-0.15, -0.1) is 0 Å². The Morgan fingerprint density at radius 3 is 2.31 bits per heavy atom. The molecule has 1 aromatic carbocycles. The highest BCUT2D eigenvalue weighted by atomic mass is 16.1. The third kappa shape index (κ3) is 1.93. The van der Waals surface area contributed by atoms with Crippen molar-refractivity contribution in [3.63, 3.8) is 0 Å². The summed E-state index contributed by atoms with van der Waals surface area (Å²) in [7, 11) is 3.66. The molecule has 1 aromatic rings. The average Bonchev–Trinajstić information content (AvgIpc) is 2.16. The van der Waals surface area contributed by atoms with E-state index in [2.05, 4.69) is 0 Å². The fourth-order valence-corrected chi connectivity index (χ4v) is 1.12. The molecule has 13 heavy (non-hydrogen) atoms. The van der Waals surface area contributed by atoms with E-state index in [1.165, 1.54) is 0 Å². The first-order valence-electron chi connectivity index (χ1n) is 3.90. The van der Waals surface area contributed by atoms with Gasteiger partial charge in [0.25, 0.3) is 0 Å². The molecular formula is C10H11NO2. The van der Waals surface area contributed by atoms with Crippen LogP contribution in [0.25, 0.3) is 0 Å². The Morgan fingerprint density at radius 2 is 1.85 bits per heavy atom. The predicted octanol–water partition coefficient (Wildman–Crippen LogP) is 1.38. The van der Waals surface area contributed by atoms with Gasteiger partial charge in [-0.05, 0) is 12.1 Å². The van der Waals surface area contributed by atoms with Crippen LogP contribution in [-0.4, -0.2) is 26.7 Å². The molecule has 68 valence electrons. The van der Waals surface area contributed by atoms with Gasteiger partial charge in [0.2, 0.25) is 0 Å². The molecule has 0 unspecified atom stereocenters. The first-order valence-corrected chi connectivity index (χ1v) is 3.90. The van der Waals surface area contributed by atoms with Crippen molar-refractivity contribution in [3.8, 4) is 0 Å². The van der Waals surface area contributed by atoms with Crippen LogP contribution in [0.4, 0.5) is 5.69 Å². The van der Waals surface area contributed by atoms with Crippen molar-refractivity contribution in [2.45, 2.75) is 0 Å². The Hall–Kier alpha value is -1.64. The minimum absolute atomic E-state index is 0.578. The molecule has 0 aliphatic rings. The van der Waals surface area contributed by atoms with Gasteiger partial charge in [-0.3, -0.25) is 9.59 Å². The first-order chi connectivity index (χ1) is 6.19. The second kappa shape index (κ2) is 3.85. The number of anilines is 1. The molecule has 0 N–H and O–H groups in total. The first kappa shape index (κ1) is 9.45. The van der Waals surface area contributed by atoms with Gasteiger partial charge in [-0.25, -0.2) is 0 Å². The van der Waals surface area contributed by atoms with E-state index in [1.54, 1.807) is 23.1 Å². The zero-order chi connectivity index (χ0) is 9.84. The van der Waals surface area contributed by atoms with E-state index < -0.39 is 0 Å². The van der Waals surface area contributed by atoms with Crippen LogP contribution < -0.4 is 4.90 Å². The molecule has 0 atom stereocenters. The van der Waals surface area contributed by atoms with Crippen LogP contribution in [-0.2, 0) is 0 Å². The van der Waals surface area contributed by atoms with E-state index >= 15 is 0 Å². The summed E-state index contributed by atoms with van der Waals surface area (Å²) in [5.74, 6) is 0. The lowest BCUT2D eigenvalue weighted by Crippen LogP contribution is -2.11. The van der Waals surface area contributed by atoms with Gasteiger partial charge in [0.1, 0.15) is 6.29 Å². The predicted molar refractivity (Wildman–Crippen MR) is 51.5 cm³/mol. The van der Waals surface area contributed by atoms with Crippen LogP contribution in [0.3, 0.4) is 0 Å².